The number of benzene rings is 1. The second kappa shape index (κ2) is 13.9. The van der Waals surface area contributed by atoms with Gasteiger partial charge in [-0.3, -0.25) is 9.59 Å². The third kappa shape index (κ3) is 9.62. The maximum absolute atomic E-state index is 11.3. The number of carbonyl (C=O) groups is 2. The molecule has 6 heteroatoms. The first-order valence-electron chi connectivity index (χ1n) is 10.3. The third-order valence-electron chi connectivity index (χ3n) is 4.44. The molecule has 1 rings (SSSR count). The molecule has 158 valence electrons. The van der Waals surface area contributed by atoms with Gasteiger partial charge >= 0.3 is 11.9 Å². The van der Waals surface area contributed by atoms with Crippen molar-refractivity contribution in [2.24, 2.45) is 0 Å². The molecule has 0 bridgehead atoms. The summed E-state index contributed by atoms with van der Waals surface area (Å²) in [7, 11) is 0. The summed E-state index contributed by atoms with van der Waals surface area (Å²) in [6.07, 6.45) is 7.97. The summed E-state index contributed by atoms with van der Waals surface area (Å²) in [5.41, 5.74) is 1.03. The molecule has 0 fully saturated rings. The van der Waals surface area contributed by atoms with Crippen LogP contribution in [0.3, 0.4) is 0 Å². The van der Waals surface area contributed by atoms with Crippen LogP contribution in [0.2, 0.25) is 0 Å². The van der Waals surface area contributed by atoms with Crippen molar-refractivity contribution in [1.29, 1.82) is 0 Å². The number of rotatable bonds is 16. The van der Waals surface area contributed by atoms with Gasteiger partial charge in [-0.25, -0.2) is 0 Å². The zero-order valence-corrected chi connectivity index (χ0v) is 17.2. The van der Waals surface area contributed by atoms with Crippen molar-refractivity contribution < 1.29 is 29.3 Å². The summed E-state index contributed by atoms with van der Waals surface area (Å²) < 4.78 is 11.6. The highest BCUT2D eigenvalue weighted by molar-refractivity contribution is 5.74. The van der Waals surface area contributed by atoms with Gasteiger partial charge in [0, 0.05) is 11.1 Å². The van der Waals surface area contributed by atoms with E-state index >= 15 is 0 Å². The van der Waals surface area contributed by atoms with Gasteiger partial charge < -0.3 is 19.7 Å². The van der Waals surface area contributed by atoms with Crippen molar-refractivity contribution in [3.05, 3.63) is 23.3 Å². The molecule has 0 aliphatic rings. The summed E-state index contributed by atoms with van der Waals surface area (Å²) in [5.74, 6) is -1.05. The minimum atomic E-state index is -0.962. The predicted octanol–water partition coefficient (Wildman–Crippen LogP) is 4.86. The lowest BCUT2D eigenvalue weighted by Gasteiger charge is -2.17. The van der Waals surface area contributed by atoms with Crippen molar-refractivity contribution in [1.82, 2.24) is 0 Å². The fourth-order valence-corrected chi connectivity index (χ4v) is 2.94. The van der Waals surface area contributed by atoms with Crippen molar-refractivity contribution in [3.8, 4) is 11.5 Å². The highest BCUT2D eigenvalue weighted by Gasteiger charge is 2.16. The van der Waals surface area contributed by atoms with Crippen LogP contribution < -0.4 is 9.47 Å². The van der Waals surface area contributed by atoms with Crippen LogP contribution in [0.1, 0.15) is 76.3 Å². The third-order valence-corrected chi connectivity index (χ3v) is 4.44. The quantitative estimate of drug-likeness (QED) is 0.389. The molecule has 1 aromatic rings. The van der Waals surface area contributed by atoms with E-state index in [1.165, 1.54) is 0 Å². The number of unbranched alkanes of at least 4 members (excludes halogenated alkanes) is 6. The summed E-state index contributed by atoms with van der Waals surface area (Å²) in [4.78, 5) is 22.5. The van der Waals surface area contributed by atoms with Crippen LogP contribution in [0.25, 0.3) is 0 Å². The Morgan fingerprint density at radius 3 is 1.43 bits per heavy atom. The minimum Gasteiger partial charge on any atom is -0.493 e. The first-order chi connectivity index (χ1) is 13.5. The van der Waals surface area contributed by atoms with E-state index < -0.39 is 11.9 Å². The Hall–Kier alpha value is -2.24. The molecule has 0 unspecified atom stereocenters. The summed E-state index contributed by atoms with van der Waals surface area (Å²) in [5, 5.41) is 18.4. The van der Waals surface area contributed by atoms with E-state index in [1.54, 1.807) is 12.1 Å². The molecule has 0 spiro atoms. The molecule has 0 aliphatic heterocycles. The zero-order chi connectivity index (χ0) is 20.8. The minimum absolute atomic E-state index is 0.191. The monoisotopic (exact) mass is 394 g/mol. The average Bonchev–Trinajstić information content (AvgIpc) is 2.63. The average molecular weight is 395 g/mol. The second-order valence-corrected chi connectivity index (χ2v) is 7.03. The summed E-state index contributed by atoms with van der Waals surface area (Å²) in [6.45, 7) is 5.22. The van der Waals surface area contributed by atoms with Crippen molar-refractivity contribution in [2.45, 2.75) is 78.1 Å². The number of carboxylic acids is 2. The van der Waals surface area contributed by atoms with Gasteiger partial charge in [-0.15, -0.1) is 0 Å². The fourth-order valence-electron chi connectivity index (χ4n) is 2.94. The molecular formula is C22H34O6. The molecule has 28 heavy (non-hydrogen) atoms. The molecule has 2 N–H and O–H groups in total. The molecular weight excluding hydrogens is 360 g/mol. The number of hydrogen-bond acceptors (Lipinski definition) is 4. The zero-order valence-electron chi connectivity index (χ0n) is 17.2. The summed E-state index contributed by atoms with van der Waals surface area (Å²) >= 11 is 0. The molecule has 0 aromatic heterocycles. The molecule has 6 nitrogen and oxygen atoms in total. The first-order valence-corrected chi connectivity index (χ1v) is 10.3. The molecule has 0 heterocycles. The lowest BCUT2D eigenvalue weighted by molar-refractivity contribution is -0.137. The van der Waals surface area contributed by atoms with Crippen LogP contribution in [-0.2, 0) is 22.4 Å². The summed E-state index contributed by atoms with van der Waals surface area (Å²) in [6, 6.07) is 3.27. The van der Waals surface area contributed by atoms with Crippen molar-refractivity contribution in [2.75, 3.05) is 13.2 Å². The molecule has 0 aliphatic carbocycles. The maximum atomic E-state index is 11.3. The Labute approximate surface area is 167 Å². The second-order valence-electron chi connectivity index (χ2n) is 7.03. The van der Waals surface area contributed by atoms with Gasteiger partial charge in [0.25, 0.3) is 0 Å². The lowest BCUT2D eigenvalue weighted by atomic mass is 10.0. The van der Waals surface area contributed by atoms with E-state index in [1.807, 2.05) is 0 Å². The first kappa shape index (κ1) is 23.8. The van der Waals surface area contributed by atoms with Gasteiger partial charge in [-0.05, 0) is 25.0 Å². The highest BCUT2D eigenvalue weighted by Crippen LogP contribution is 2.31. The largest absolute Gasteiger partial charge is 0.493 e. The van der Waals surface area contributed by atoms with Gasteiger partial charge in [-0.2, -0.15) is 0 Å². The standard InChI is InChI=1S/C22H34O6/c1-3-5-7-9-11-27-19-13-18(16-22(25)26)20(14-17(19)15-21(23)24)28-12-10-8-6-4-2/h13-14H,3-12,15-16H2,1-2H3,(H,23,24)(H,25,26). The Morgan fingerprint density at radius 2 is 1.11 bits per heavy atom. The van der Waals surface area contributed by atoms with Crippen LogP contribution in [-0.4, -0.2) is 35.4 Å². The molecule has 0 radical (unpaired) electrons. The van der Waals surface area contributed by atoms with E-state index in [-0.39, 0.29) is 12.8 Å². The van der Waals surface area contributed by atoms with Gasteiger partial charge in [0.1, 0.15) is 11.5 Å². The highest BCUT2D eigenvalue weighted by atomic mass is 16.5. The molecule has 0 amide bonds. The maximum Gasteiger partial charge on any atom is 0.307 e. The van der Waals surface area contributed by atoms with Gasteiger partial charge in [0.15, 0.2) is 0 Å². The van der Waals surface area contributed by atoms with Gasteiger partial charge in [0.2, 0.25) is 0 Å². The van der Waals surface area contributed by atoms with Crippen LogP contribution >= 0.6 is 0 Å². The Balaban J connectivity index is 2.95. The Kier molecular flexibility index (Phi) is 11.8. The van der Waals surface area contributed by atoms with Crippen LogP contribution in [0.15, 0.2) is 12.1 Å². The number of carboxylic acid groups (broad SMARTS) is 2. The smallest absolute Gasteiger partial charge is 0.307 e. The SMILES string of the molecule is CCCCCCOc1cc(CC(=O)O)c(OCCCCCC)cc1CC(=O)O. The van der Waals surface area contributed by atoms with E-state index in [4.69, 9.17) is 9.47 Å². The normalized spacial score (nSPS) is 10.6. The molecule has 0 atom stereocenters. The van der Waals surface area contributed by atoms with E-state index in [0.717, 1.165) is 51.4 Å². The topological polar surface area (TPSA) is 93.1 Å². The van der Waals surface area contributed by atoms with Crippen LogP contribution in [0.4, 0.5) is 0 Å². The molecule has 0 saturated heterocycles. The van der Waals surface area contributed by atoms with Crippen LogP contribution in [0.5, 0.6) is 11.5 Å². The Bertz CT molecular complexity index is 558. The predicted molar refractivity (Wildman–Crippen MR) is 108 cm³/mol. The number of aliphatic carboxylic acids is 2. The van der Waals surface area contributed by atoms with E-state index in [9.17, 15) is 19.8 Å². The molecule has 1 aromatic carbocycles. The van der Waals surface area contributed by atoms with Crippen molar-refractivity contribution in [3.63, 3.8) is 0 Å². The lowest BCUT2D eigenvalue weighted by Crippen LogP contribution is -2.10. The number of hydrogen-bond donors (Lipinski definition) is 2. The van der Waals surface area contributed by atoms with Crippen molar-refractivity contribution >= 4 is 11.9 Å². The van der Waals surface area contributed by atoms with Gasteiger partial charge in [-0.1, -0.05) is 52.4 Å². The van der Waals surface area contributed by atoms with E-state index in [0.29, 0.717) is 35.8 Å². The fraction of sp³-hybridized carbons (Fsp3) is 0.636. The number of ether oxygens (including phenoxy) is 2. The molecule has 0 saturated carbocycles. The van der Waals surface area contributed by atoms with Crippen LogP contribution in [0, 0.1) is 0 Å². The van der Waals surface area contributed by atoms with Gasteiger partial charge in [0.05, 0.1) is 26.1 Å². The Morgan fingerprint density at radius 1 is 0.714 bits per heavy atom. The van der Waals surface area contributed by atoms with E-state index in [2.05, 4.69) is 13.8 Å².